The first-order chi connectivity index (χ1) is 13.8. The van der Waals surface area contributed by atoms with Crippen molar-refractivity contribution in [1.82, 2.24) is 10.3 Å². The van der Waals surface area contributed by atoms with Crippen LogP contribution in [0, 0.1) is 13.8 Å². The molecule has 7 nitrogen and oxygen atoms in total. The van der Waals surface area contributed by atoms with Crippen LogP contribution in [0.1, 0.15) is 35.5 Å². The molecule has 8 heteroatoms. The van der Waals surface area contributed by atoms with Crippen molar-refractivity contribution in [2.45, 2.75) is 39.3 Å². The quantitative estimate of drug-likeness (QED) is 0.695. The number of hydrogen-bond donors (Lipinski definition) is 1. The molecule has 2 heterocycles. The summed E-state index contributed by atoms with van der Waals surface area (Å²) >= 11 is 0.706. The van der Waals surface area contributed by atoms with Crippen molar-refractivity contribution >= 4 is 28.1 Å². The summed E-state index contributed by atoms with van der Waals surface area (Å²) < 4.78 is 11.2. The monoisotopic (exact) mass is 414 g/mol. The Hall–Kier alpha value is -2.87. The average Bonchev–Trinajstić information content (AvgIpc) is 2.95. The molecular formula is C21H22N2O5S. The van der Waals surface area contributed by atoms with Crippen LogP contribution in [-0.4, -0.2) is 34.0 Å². The van der Waals surface area contributed by atoms with Crippen LogP contribution in [0.5, 0.6) is 5.75 Å². The number of aryl methyl sites for hydroxylation is 2. The minimum absolute atomic E-state index is 0.128. The van der Waals surface area contributed by atoms with Crippen LogP contribution in [0.2, 0.25) is 0 Å². The second kappa shape index (κ2) is 9.09. The van der Waals surface area contributed by atoms with Gasteiger partial charge in [0.25, 0.3) is 5.24 Å². The van der Waals surface area contributed by atoms with Gasteiger partial charge in [-0.3, -0.25) is 19.4 Å². The van der Waals surface area contributed by atoms with Crippen LogP contribution < -0.4 is 10.1 Å². The summed E-state index contributed by atoms with van der Waals surface area (Å²) in [4.78, 5) is 38.9. The lowest BCUT2D eigenvalue weighted by molar-refractivity contribution is -0.148. The number of thioether (sulfide) groups is 1. The molecule has 1 aromatic heterocycles. The van der Waals surface area contributed by atoms with Crippen LogP contribution in [0.25, 0.3) is 0 Å². The normalized spacial score (nSPS) is 17.0. The van der Waals surface area contributed by atoms with Gasteiger partial charge in [0.15, 0.2) is 6.10 Å². The maximum Gasteiger partial charge on any atom is 0.303 e. The molecule has 2 atom stereocenters. The highest BCUT2D eigenvalue weighted by Crippen LogP contribution is 2.23. The van der Waals surface area contributed by atoms with Crippen molar-refractivity contribution in [2.24, 2.45) is 0 Å². The zero-order valence-electron chi connectivity index (χ0n) is 16.4. The number of amides is 1. The van der Waals surface area contributed by atoms with Gasteiger partial charge in [0.1, 0.15) is 18.4 Å². The number of hydrogen-bond acceptors (Lipinski definition) is 7. The first-order valence-corrected chi connectivity index (χ1v) is 9.98. The van der Waals surface area contributed by atoms with E-state index in [1.54, 1.807) is 12.1 Å². The smallest absolute Gasteiger partial charge is 0.303 e. The topological polar surface area (TPSA) is 94.6 Å². The lowest BCUT2D eigenvalue weighted by Crippen LogP contribution is -2.30. The van der Waals surface area contributed by atoms with Crippen LogP contribution in [0.4, 0.5) is 4.79 Å². The molecular weight excluding hydrogens is 392 g/mol. The van der Waals surface area contributed by atoms with E-state index in [0.29, 0.717) is 29.6 Å². The Morgan fingerprint density at radius 2 is 1.93 bits per heavy atom. The maximum atomic E-state index is 11.7. The standard InChI is InChI=1S/C21H22N2O5S/c1-12-8-13(2)22-17(9-12)19(28-14(3)24)11-27-16-6-4-15(5-7-16)10-18-20(25)29-21(26)23-18/h4-9,18-19H,10-11H2,1-3H3,(H,23,26). The third-order valence-electron chi connectivity index (χ3n) is 4.29. The molecule has 1 aromatic carbocycles. The number of aromatic nitrogens is 1. The van der Waals surface area contributed by atoms with Crippen molar-refractivity contribution in [3.63, 3.8) is 0 Å². The van der Waals surface area contributed by atoms with Gasteiger partial charge in [-0.25, -0.2) is 0 Å². The molecule has 29 heavy (non-hydrogen) atoms. The van der Waals surface area contributed by atoms with E-state index in [4.69, 9.17) is 9.47 Å². The summed E-state index contributed by atoms with van der Waals surface area (Å²) in [5.41, 5.74) is 3.42. The Balaban J connectivity index is 1.64. The predicted molar refractivity (Wildman–Crippen MR) is 109 cm³/mol. The average molecular weight is 414 g/mol. The van der Waals surface area contributed by atoms with Gasteiger partial charge in [-0.05, 0) is 49.2 Å². The van der Waals surface area contributed by atoms with Crippen LogP contribution in [0.15, 0.2) is 36.4 Å². The van der Waals surface area contributed by atoms with E-state index in [1.165, 1.54) is 6.92 Å². The molecule has 1 amide bonds. The predicted octanol–water partition coefficient (Wildman–Crippen LogP) is 3.28. The van der Waals surface area contributed by atoms with Crippen LogP contribution in [-0.2, 0) is 20.7 Å². The van der Waals surface area contributed by atoms with Gasteiger partial charge in [0.05, 0.1) is 5.69 Å². The van der Waals surface area contributed by atoms with Gasteiger partial charge in [-0.1, -0.05) is 12.1 Å². The lowest BCUT2D eigenvalue weighted by atomic mass is 10.1. The number of esters is 1. The second-order valence-corrected chi connectivity index (χ2v) is 7.85. The number of rotatable bonds is 7. The van der Waals surface area contributed by atoms with Gasteiger partial charge in [-0.15, -0.1) is 0 Å². The zero-order chi connectivity index (χ0) is 21.0. The number of carbonyl (C=O) groups is 3. The molecule has 1 aliphatic heterocycles. The summed E-state index contributed by atoms with van der Waals surface area (Å²) in [6, 6.07) is 10.6. The largest absolute Gasteiger partial charge is 0.489 e. The van der Waals surface area contributed by atoms with E-state index in [-0.39, 0.29) is 17.0 Å². The maximum absolute atomic E-state index is 11.7. The Morgan fingerprint density at radius 1 is 1.21 bits per heavy atom. The van der Waals surface area contributed by atoms with Gasteiger partial charge >= 0.3 is 5.97 Å². The van der Waals surface area contributed by atoms with Crippen molar-refractivity contribution in [3.8, 4) is 5.75 Å². The number of ether oxygens (including phenoxy) is 2. The molecule has 2 aromatic rings. The van der Waals surface area contributed by atoms with E-state index in [2.05, 4.69) is 10.3 Å². The van der Waals surface area contributed by atoms with Gasteiger partial charge in [0.2, 0.25) is 5.12 Å². The molecule has 0 aliphatic carbocycles. The second-order valence-electron chi connectivity index (χ2n) is 6.87. The van der Waals surface area contributed by atoms with E-state index in [0.717, 1.165) is 16.8 Å². The fourth-order valence-electron chi connectivity index (χ4n) is 3.07. The minimum Gasteiger partial charge on any atom is -0.489 e. The van der Waals surface area contributed by atoms with Gasteiger partial charge in [-0.2, -0.15) is 0 Å². The number of nitrogens with one attached hydrogen (secondary N) is 1. The van der Waals surface area contributed by atoms with Crippen molar-refractivity contribution in [2.75, 3.05) is 6.61 Å². The fourth-order valence-corrected chi connectivity index (χ4v) is 3.74. The fraction of sp³-hybridized carbons (Fsp3) is 0.333. The van der Waals surface area contributed by atoms with E-state index in [1.807, 2.05) is 38.1 Å². The summed E-state index contributed by atoms with van der Waals surface area (Å²) in [6.45, 7) is 5.32. The molecule has 152 valence electrons. The molecule has 2 unspecified atom stereocenters. The van der Waals surface area contributed by atoms with E-state index < -0.39 is 18.1 Å². The molecule has 1 aliphatic rings. The molecule has 0 radical (unpaired) electrons. The first kappa shape index (κ1) is 20.9. The summed E-state index contributed by atoms with van der Waals surface area (Å²) in [7, 11) is 0. The SMILES string of the molecule is CC(=O)OC(COc1ccc(CC2NC(=O)SC2=O)cc1)c1cc(C)cc(C)n1. The third kappa shape index (κ3) is 5.80. The number of pyridine rings is 1. The summed E-state index contributed by atoms with van der Waals surface area (Å²) in [5, 5.41) is 2.17. The van der Waals surface area contributed by atoms with E-state index in [9.17, 15) is 14.4 Å². The highest BCUT2D eigenvalue weighted by Gasteiger charge is 2.31. The third-order valence-corrected chi connectivity index (χ3v) is 5.08. The number of nitrogens with zero attached hydrogens (tertiary/aromatic N) is 1. The number of carbonyl (C=O) groups excluding carboxylic acids is 3. The molecule has 1 saturated heterocycles. The molecule has 1 N–H and O–H groups in total. The van der Waals surface area contributed by atoms with E-state index >= 15 is 0 Å². The Morgan fingerprint density at radius 3 is 2.52 bits per heavy atom. The molecule has 1 fully saturated rings. The van der Waals surface area contributed by atoms with Crippen LogP contribution in [0.3, 0.4) is 0 Å². The summed E-state index contributed by atoms with van der Waals surface area (Å²) in [5.74, 6) is 0.197. The zero-order valence-corrected chi connectivity index (χ0v) is 17.2. The number of benzene rings is 1. The van der Waals surface area contributed by atoms with Crippen molar-refractivity contribution in [3.05, 3.63) is 58.9 Å². The van der Waals surface area contributed by atoms with Gasteiger partial charge < -0.3 is 14.8 Å². The Labute approximate surface area is 173 Å². The molecule has 3 rings (SSSR count). The highest BCUT2D eigenvalue weighted by atomic mass is 32.2. The summed E-state index contributed by atoms with van der Waals surface area (Å²) in [6.07, 6.45) is -0.186. The highest BCUT2D eigenvalue weighted by molar-refractivity contribution is 8.26. The molecule has 0 bridgehead atoms. The van der Waals surface area contributed by atoms with Crippen molar-refractivity contribution < 1.29 is 23.9 Å². The van der Waals surface area contributed by atoms with Crippen molar-refractivity contribution in [1.29, 1.82) is 0 Å². The first-order valence-electron chi connectivity index (χ1n) is 9.16. The Kier molecular flexibility index (Phi) is 6.53. The molecule has 0 saturated carbocycles. The minimum atomic E-state index is -0.617. The molecule has 0 spiro atoms. The van der Waals surface area contributed by atoms with Crippen LogP contribution >= 0.6 is 11.8 Å². The lowest BCUT2D eigenvalue weighted by Gasteiger charge is -2.18. The Bertz CT molecular complexity index is 909. The van der Waals surface area contributed by atoms with Gasteiger partial charge in [0, 0.05) is 30.8 Å².